The highest BCUT2D eigenvalue weighted by Crippen LogP contribution is 2.36. The van der Waals surface area contributed by atoms with Gasteiger partial charge in [0.15, 0.2) is 0 Å². The zero-order valence-corrected chi connectivity index (χ0v) is 14.6. The average molecular weight is 332 g/mol. The second-order valence-electron chi connectivity index (χ2n) is 7.19. The minimum absolute atomic E-state index is 0.000153. The molecule has 2 aromatic rings. The second-order valence-corrected chi connectivity index (χ2v) is 8.39. The number of aromatic amines is 1. The molecule has 2 aromatic heterocycles. The summed E-state index contributed by atoms with van der Waals surface area (Å²) in [6, 6.07) is 0.343. The maximum absolute atomic E-state index is 12.4. The van der Waals surface area contributed by atoms with Crippen molar-refractivity contribution >= 4 is 21.6 Å². The molecule has 3 N–H and O–H groups in total. The molecule has 4 rings (SSSR count). The van der Waals surface area contributed by atoms with Crippen molar-refractivity contribution in [1.82, 2.24) is 14.9 Å². The highest BCUT2D eigenvalue weighted by molar-refractivity contribution is 7.18. The molecular weight excluding hydrogens is 308 g/mol. The highest BCUT2D eigenvalue weighted by Gasteiger charge is 2.38. The van der Waals surface area contributed by atoms with Crippen molar-refractivity contribution in [1.29, 1.82) is 0 Å². The predicted molar refractivity (Wildman–Crippen MR) is 93.8 cm³/mol. The van der Waals surface area contributed by atoms with Crippen LogP contribution in [0.25, 0.3) is 10.2 Å². The molecule has 3 unspecified atom stereocenters. The molecule has 1 aliphatic heterocycles. The Bertz CT molecular complexity index is 796. The number of rotatable bonds is 2. The molecule has 0 aromatic carbocycles. The molecule has 1 saturated carbocycles. The maximum atomic E-state index is 12.4. The minimum Gasteiger partial charge on any atom is -0.327 e. The lowest BCUT2D eigenvalue weighted by atomic mass is 9.78. The van der Waals surface area contributed by atoms with E-state index in [1.807, 2.05) is 13.8 Å². The van der Waals surface area contributed by atoms with E-state index in [1.54, 1.807) is 11.3 Å². The second kappa shape index (κ2) is 5.69. The molecule has 6 heteroatoms. The zero-order chi connectivity index (χ0) is 16.1. The number of nitrogens with one attached hydrogen (secondary N) is 1. The average Bonchev–Trinajstić information content (AvgIpc) is 3.02. The summed E-state index contributed by atoms with van der Waals surface area (Å²) in [6.45, 7) is 6.89. The van der Waals surface area contributed by atoms with Crippen molar-refractivity contribution in [3.63, 3.8) is 0 Å². The topological polar surface area (TPSA) is 75.0 Å². The van der Waals surface area contributed by atoms with Crippen LogP contribution in [0.3, 0.4) is 0 Å². The first-order valence-corrected chi connectivity index (χ1v) is 9.31. The highest BCUT2D eigenvalue weighted by atomic mass is 32.1. The van der Waals surface area contributed by atoms with Crippen molar-refractivity contribution in [2.24, 2.45) is 17.6 Å². The molecule has 2 fully saturated rings. The Morgan fingerprint density at radius 2 is 2.17 bits per heavy atom. The van der Waals surface area contributed by atoms with Gasteiger partial charge in [0.25, 0.3) is 5.56 Å². The fraction of sp³-hybridized carbons (Fsp3) is 0.647. The molecule has 0 spiro atoms. The molecule has 3 atom stereocenters. The van der Waals surface area contributed by atoms with E-state index in [0.29, 0.717) is 12.0 Å². The fourth-order valence-electron chi connectivity index (χ4n) is 4.32. The standard InChI is InChI=1S/C17H24N4OS/c1-9-10(2)23-17-15(9)16(22)19-14(20-17)8-21-6-11-4-3-5-13(18)12(11)7-21/h11-13H,3-8,18H2,1-2H3,(H,19,20,22). The van der Waals surface area contributed by atoms with Crippen LogP contribution in [0.5, 0.6) is 0 Å². The van der Waals surface area contributed by atoms with Gasteiger partial charge in [-0.3, -0.25) is 9.69 Å². The van der Waals surface area contributed by atoms with Gasteiger partial charge in [-0.2, -0.15) is 0 Å². The van der Waals surface area contributed by atoms with Crippen molar-refractivity contribution in [3.8, 4) is 0 Å². The number of aromatic nitrogens is 2. The molecule has 0 amide bonds. The van der Waals surface area contributed by atoms with Gasteiger partial charge < -0.3 is 10.7 Å². The van der Waals surface area contributed by atoms with Crippen LogP contribution in [0.4, 0.5) is 0 Å². The van der Waals surface area contributed by atoms with Crippen molar-refractivity contribution in [3.05, 3.63) is 26.6 Å². The SMILES string of the molecule is Cc1sc2nc(CN3CC4CCCC(N)C4C3)[nH]c(=O)c2c1C. The number of nitrogens with zero attached hydrogens (tertiary/aromatic N) is 2. The smallest absolute Gasteiger partial charge is 0.259 e. The van der Waals surface area contributed by atoms with E-state index in [-0.39, 0.29) is 5.56 Å². The molecule has 5 nitrogen and oxygen atoms in total. The van der Waals surface area contributed by atoms with Crippen LogP contribution in [0.1, 0.15) is 35.5 Å². The van der Waals surface area contributed by atoms with Crippen molar-refractivity contribution < 1.29 is 0 Å². The minimum atomic E-state index is 0.000153. The number of likely N-dealkylation sites (tertiary alicyclic amines) is 1. The van der Waals surface area contributed by atoms with Crippen LogP contribution in [0.15, 0.2) is 4.79 Å². The van der Waals surface area contributed by atoms with Gasteiger partial charge in [-0.25, -0.2) is 4.98 Å². The molecule has 0 radical (unpaired) electrons. The van der Waals surface area contributed by atoms with Gasteiger partial charge in [0.1, 0.15) is 10.7 Å². The first-order chi connectivity index (χ1) is 11.0. The maximum Gasteiger partial charge on any atom is 0.259 e. The lowest BCUT2D eigenvalue weighted by Crippen LogP contribution is -2.38. The summed E-state index contributed by atoms with van der Waals surface area (Å²) in [5.41, 5.74) is 7.35. The Balaban J connectivity index is 1.58. The van der Waals surface area contributed by atoms with E-state index in [9.17, 15) is 4.79 Å². The van der Waals surface area contributed by atoms with Crippen LogP contribution in [-0.4, -0.2) is 34.0 Å². The summed E-state index contributed by atoms with van der Waals surface area (Å²) in [5, 5.41) is 0.758. The summed E-state index contributed by atoms with van der Waals surface area (Å²) in [7, 11) is 0. The Kier molecular flexibility index (Phi) is 3.78. The van der Waals surface area contributed by atoms with Crippen LogP contribution in [0.2, 0.25) is 0 Å². The summed E-state index contributed by atoms with van der Waals surface area (Å²) in [6.07, 6.45) is 3.70. The van der Waals surface area contributed by atoms with E-state index in [2.05, 4.69) is 9.88 Å². The Morgan fingerprint density at radius 1 is 1.35 bits per heavy atom. The van der Waals surface area contributed by atoms with Gasteiger partial charge in [0.2, 0.25) is 0 Å². The van der Waals surface area contributed by atoms with Crippen molar-refractivity contribution in [2.75, 3.05) is 13.1 Å². The molecule has 124 valence electrons. The normalized spacial score (nSPS) is 28.4. The number of thiophene rings is 1. The number of hydrogen-bond acceptors (Lipinski definition) is 5. The molecule has 23 heavy (non-hydrogen) atoms. The summed E-state index contributed by atoms with van der Waals surface area (Å²) in [4.78, 5) is 24.5. The number of nitrogens with two attached hydrogens (primary N) is 1. The van der Waals surface area contributed by atoms with Gasteiger partial charge in [0, 0.05) is 24.0 Å². The molecular formula is C17H24N4OS. The summed E-state index contributed by atoms with van der Waals surface area (Å²) >= 11 is 1.62. The lowest BCUT2D eigenvalue weighted by molar-refractivity contribution is 0.259. The van der Waals surface area contributed by atoms with Crippen LogP contribution >= 0.6 is 11.3 Å². The predicted octanol–water partition coefficient (Wildman–Crippen LogP) is 2.16. The lowest BCUT2D eigenvalue weighted by Gasteiger charge is -2.29. The Labute approximate surface area is 139 Å². The van der Waals surface area contributed by atoms with E-state index in [1.165, 1.54) is 17.7 Å². The molecule has 1 saturated heterocycles. The van der Waals surface area contributed by atoms with E-state index < -0.39 is 0 Å². The van der Waals surface area contributed by atoms with Crippen LogP contribution < -0.4 is 11.3 Å². The number of hydrogen-bond donors (Lipinski definition) is 2. The Hall–Kier alpha value is -1.24. The van der Waals surface area contributed by atoms with Crippen molar-refractivity contribution in [2.45, 2.75) is 45.7 Å². The third-order valence-electron chi connectivity index (χ3n) is 5.69. The number of aryl methyl sites for hydroxylation is 2. The monoisotopic (exact) mass is 332 g/mol. The molecule has 3 heterocycles. The quantitative estimate of drug-likeness (QED) is 0.884. The third kappa shape index (κ3) is 2.62. The largest absolute Gasteiger partial charge is 0.327 e. The number of fused-ring (bicyclic) bond motifs is 2. The van der Waals surface area contributed by atoms with Gasteiger partial charge in [-0.05, 0) is 44.1 Å². The number of H-pyrrole nitrogens is 1. The van der Waals surface area contributed by atoms with Gasteiger partial charge >= 0.3 is 0 Å². The van der Waals surface area contributed by atoms with Crippen LogP contribution in [0, 0.1) is 25.7 Å². The Morgan fingerprint density at radius 3 is 2.96 bits per heavy atom. The van der Waals surface area contributed by atoms with Gasteiger partial charge in [-0.1, -0.05) is 6.42 Å². The van der Waals surface area contributed by atoms with Crippen LogP contribution in [-0.2, 0) is 6.54 Å². The summed E-state index contributed by atoms with van der Waals surface area (Å²) < 4.78 is 0. The van der Waals surface area contributed by atoms with E-state index in [0.717, 1.165) is 53.6 Å². The van der Waals surface area contributed by atoms with Gasteiger partial charge in [-0.15, -0.1) is 11.3 Å². The first kappa shape index (κ1) is 15.3. The van der Waals surface area contributed by atoms with E-state index in [4.69, 9.17) is 10.7 Å². The molecule has 0 bridgehead atoms. The van der Waals surface area contributed by atoms with E-state index >= 15 is 0 Å². The fourth-order valence-corrected chi connectivity index (χ4v) is 5.37. The third-order valence-corrected chi connectivity index (χ3v) is 6.79. The summed E-state index contributed by atoms with van der Waals surface area (Å²) in [5.74, 6) is 2.13. The molecule has 2 aliphatic rings. The first-order valence-electron chi connectivity index (χ1n) is 8.49. The zero-order valence-electron chi connectivity index (χ0n) is 13.8. The molecule has 1 aliphatic carbocycles. The van der Waals surface area contributed by atoms with Gasteiger partial charge in [0.05, 0.1) is 11.9 Å².